The van der Waals surface area contributed by atoms with Gasteiger partial charge in [-0.25, -0.2) is 0 Å². The molecule has 0 aliphatic carbocycles. The molecule has 1 N–H and O–H groups in total. The number of benzene rings is 2. The zero-order valence-corrected chi connectivity index (χ0v) is 16.4. The smallest absolute Gasteiger partial charge is 0.124 e. The summed E-state index contributed by atoms with van der Waals surface area (Å²) in [5.74, 6) is 0.910. The van der Waals surface area contributed by atoms with E-state index < -0.39 is 0 Å². The monoisotopic (exact) mass is 459 g/mol. The summed E-state index contributed by atoms with van der Waals surface area (Å²) in [6.07, 6.45) is 0. The van der Waals surface area contributed by atoms with E-state index >= 15 is 0 Å². The van der Waals surface area contributed by atoms with Gasteiger partial charge in [0.05, 0.1) is 13.2 Å². The molecule has 112 valence electrons. The van der Waals surface area contributed by atoms with E-state index in [0.29, 0.717) is 0 Å². The third-order valence-corrected chi connectivity index (χ3v) is 5.97. The minimum absolute atomic E-state index is 0.101. The van der Waals surface area contributed by atoms with Gasteiger partial charge in [-0.2, -0.15) is 0 Å². The molecule has 0 saturated heterocycles. The molecular weight excluding hydrogens is 441 g/mol. The molecule has 0 aromatic heterocycles. The topological polar surface area (TPSA) is 21.3 Å². The van der Waals surface area contributed by atoms with Crippen LogP contribution in [0, 0.1) is 17.4 Å². The van der Waals surface area contributed by atoms with Gasteiger partial charge in [0.25, 0.3) is 0 Å². The largest absolute Gasteiger partial charge is 0.496 e. The number of hydrogen-bond donors (Lipinski definition) is 1. The number of methoxy groups -OCH3 is 1. The Kier molecular flexibility index (Phi) is 5.68. The SMILES string of the molecule is CNC(c1cc(Br)c(C)cc1OC)c1cccc(C)c1I. The lowest BCUT2D eigenvalue weighted by Crippen LogP contribution is -2.20. The van der Waals surface area contributed by atoms with E-state index in [-0.39, 0.29) is 6.04 Å². The lowest BCUT2D eigenvalue weighted by atomic mass is 9.96. The van der Waals surface area contributed by atoms with Gasteiger partial charge in [-0.3, -0.25) is 0 Å². The van der Waals surface area contributed by atoms with Gasteiger partial charge < -0.3 is 10.1 Å². The molecule has 0 amide bonds. The first-order valence-electron chi connectivity index (χ1n) is 6.76. The Hall–Kier alpha value is -0.590. The van der Waals surface area contributed by atoms with Gasteiger partial charge in [-0.15, -0.1) is 0 Å². The normalized spacial score (nSPS) is 12.3. The van der Waals surface area contributed by atoms with Gasteiger partial charge in [-0.1, -0.05) is 34.1 Å². The van der Waals surface area contributed by atoms with Gasteiger partial charge in [0.2, 0.25) is 0 Å². The zero-order chi connectivity index (χ0) is 15.6. The first-order valence-corrected chi connectivity index (χ1v) is 8.63. The van der Waals surface area contributed by atoms with Crippen molar-refractivity contribution in [2.75, 3.05) is 14.2 Å². The van der Waals surface area contributed by atoms with Crippen molar-refractivity contribution in [1.29, 1.82) is 0 Å². The highest BCUT2D eigenvalue weighted by molar-refractivity contribution is 14.1. The Morgan fingerprint density at radius 3 is 2.48 bits per heavy atom. The fourth-order valence-electron chi connectivity index (χ4n) is 2.44. The van der Waals surface area contributed by atoms with Crippen LogP contribution in [0.25, 0.3) is 0 Å². The average Bonchev–Trinajstić information content (AvgIpc) is 2.47. The van der Waals surface area contributed by atoms with Crippen molar-refractivity contribution < 1.29 is 4.74 Å². The van der Waals surface area contributed by atoms with Crippen molar-refractivity contribution in [2.24, 2.45) is 0 Å². The van der Waals surface area contributed by atoms with Crippen LogP contribution in [0.3, 0.4) is 0 Å². The average molecular weight is 460 g/mol. The quantitative estimate of drug-likeness (QED) is 0.650. The first-order chi connectivity index (χ1) is 9.99. The van der Waals surface area contributed by atoms with Gasteiger partial charge >= 0.3 is 0 Å². The van der Waals surface area contributed by atoms with Crippen LogP contribution in [0.1, 0.15) is 28.3 Å². The van der Waals surface area contributed by atoms with Gasteiger partial charge in [0, 0.05) is 13.6 Å². The highest BCUT2D eigenvalue weighted by Crippen LogP contribution is 2.36. The summed E-state index contributed by atoms with van der Waals surface area (Å²) in [5, 5.41) is 3.42. The third kappa shape index (κ3) is 3.43. The van der Waals surface area contributed by atoms with Crippen molar-refractivity contribution in [3.8, 4) is 5.75 Å². The number of hydrogen-bond acceptors (Lipinski definition) is 2. The molecule has 0 bridgehead atoms. The molecule has 0 radical (unpaired) electrons. The van der Waals surface area contributed by atoms with E-state index in [1.165, 1.54) is 20.3 Å². The highest BCUT2D eigenvalue weighted by atomic mass is 127. The summed E-state index contributed by atoms with van der Waals surface area (Å²) < 4.78 is 7.98. The van der Waals surface area contributed by atoms with Crippen molar-refractivity contribution in [2.45, 2.75) is 19.9 Å². The van der Waals surface area contributed by atoms with Gasteiger partial charge in [0.15, 0.2) is 0 Å². The Morgan fingerprint density at radius 1 is 1.14 bits per heavy atom. The fraction of sp³-hybridized carbons (Fsp3) is 0.294. The first kappa shape index (κ1) is 16.8. The Morgan fingerprint density at radius 2 is 1.86 bits per heavy atom. The summed E-state index contributed by atoms with van der Waals surface area (Å²) in [5.41, 5.74) is 4.87. The summed E-state index contributed by atoms with van der Waals surface area (Å²) in [6, 6.07) is 10.7. The maximum atomic E-state index is 5.59. The van der Waals surface area contributed by atoms with E-state index in [4.69, 9.17) is 4.74 Å². The van der Waals surface area contributed by atoms with Crippen LogP contribution in [0.2, 0.25) is 0 Å². The summed E-state index contributed by atoms with van der Waals surface area (Å²) in [7, 11) is 3.70. The van der Waals surface area contributed by atoms with Crippen molar-refractivity contribution in [3.63, 3.8) is 0 Å². The van der Waals surface area contributed by atoms with E-state index in [1.807, 2.05) is 7.05 Å². The van der Waals surface area contributed by atoms with Crippen LogP contribution in [-0.2, 0) is 0 Å². The second-order valence-electron chi connectivity index (χ2n) is 5.04. The van der Waals surface area contributed by atoms with Crippen LogP contribution in [0.4, 0.5) is 0 Å². The van der Waals surface area contributed by atoms with E-state index in [9.17, 15) is 0 Å². The lowest BCUT2D eigenvalue weighted by molar-refractivity contribution is 0.405. The lowest BCUT2D eigenvalue weighted by Gasteiger charge is -2.22. The minimum atomic E-state index is 0.101. The molecule has 4 heteroatoms. The van der Waals surface area contributed by atoms with Crippen LogP contribution >= 0.6 is 38.5 Å². The van der Waals surface area contributed by atoms with Crippen LogP contribution in [0.15, 0.2) is 34.8 Å². The molecule has 0 fully saturated rings. The molecule has 2 rings (SSSR count). The molecule has 1 atom stereocenters. The van der Waals surface area contributed by atoms with Crippen molar-refractivity contribution in [3.05, 3.63) is 60.6 Å². The van der Waals surface area contributed by atoms with Crippen molar-refractivity contribution >= 4 is 38.5 Å². The number of aryl methyl sites for hydroxylation is 2. The predicted molar refractivity (Wildman–Crippen MR) is 100 cm³/mol. The second kappa shape index (κ2) is 7.11. The van der Waals surface area contributed by atoms with E-state index in [0.717, 1.165) is 15.8 Å². The summed E-state index contributed by atoms with van der Waals surface area (Å²) in [4.78, 5) is 0. The fourth-order valence-corrected chi connectivity index (χ4v) is 3.48. The number of halogens is 2. The molecule has 0 spiro atoms. The molecule has 0 heterocycles. The standard InChI is InChI=1S/C17H19BrINO/c1-10-6-5-7-12(16(10)19)17(20-3)13-9-14(18)11(2)8-15(13)21-4/h5-9,17,20H,1-4H3. The molecular formula is C17H19BrINO. The Balaban J connectivity index is 2.61. The van der Waals surface area contributed by atoms with Crippen molar-refractivity contribution in [1.82, 2.24) is 5.32 Å². The molecule has 0 aliphatic rings. The molecule has 2 aromatic rings. The number of rotatable bonds is 4. The maximum Gasteiger partial charge on any atom is 0.124 e. The van der Waals surface area contributed by atoms with Crippen LogP contribution in [0.5, 0.6) is 5.75 Å². The molecule has 2 aromatic carbocycles. The Labute approximate surface area is 148 Å². The molecule has 1 unspecified atom stereocenters. The predicted octanol–water partition coefficient (Wildman–Crippen LogP) is 4.99. The molecule has 21 heavy (non-hydrogen) atoms. The minimum Gasteiger partial charge on any atom is -0.496 e. The molecule has 2 nitrogen and oxygen atoms in total. The second-order valence-corrected chi connectivity index (χ2v) is 6.98. The molecule has 0 aliphatic heterocycles. The molecule has 0 saturated carbocycles. The number of ether oxygens (including phenoxy) is 1. The zero-order valence-electron chi connectivity index (χ0n) is 12.6. The van der Waals surface area contributed by atoms with Crippen LogP contribution < -0.4 is 10.1 Å². The van der Waals surface area contributed by atoms with Gasteiger partial charge in [-0.05, 0) is 72.3 Å². The van der Waals surface area contributed by atoms with Crippen LogP contribution in [-0.4, -0.2) is 14.2 Å². The van der Waals surface area contributed by atoms with E-state index in [2.05, 4.69) is 88.0 Å². The van der Waals surface area contributed by atoms with E-state index in [1.54, 1.807) is 7.11 Å². The summed E-state index contributed by atoms with van der Waals surface area (Å²) in [6.45, 7) is 4.21. The number of nitrogens with one attached hydrogen (secondary N) is 1. The third-order valence-electron chi connectivity index (χ3n) is 3.64. The van der Waals surface area contributed by atoms with Gasteiger partial charge in [0.1, 0.15) is 5.75 Å². The highest BCUT2D eigenvalue weighted by Gasteiger charge is 2.20. The summed E-state index contributed by atoms with van der Waals surface area (Å²) >= 11 is 6.04. The maximum absolute atomic E-state index is 5.59. The Bertz CT molecular complexity index is 657.